The van der Waals surface area contributed by atoms with Gasteiger partial charge in [0.05, 0.1) is 13.7 Å². The monoisotopic (exact) mass is 548 g/mol. The Morgan fingerprint density at radius 2 is 0.881 bits per heavy atom. The first-order valence-corrected chi connectivity index (χ1v) is 14.0. The van der Waals surface area contributed by atoms with Gasteiger partial charge < -0.3 is 19.6 Å². The van der Waals surface area contributed by atoms with Gasteiger partial charge in [-0.15, -0.1) is 0 Å². The van der Waals surface area contributed by atoms with E-state index in [1.165, 1.54) is 0 Å². The summed E-state index contributed by atoms with van der Waals surface area (Å²) in [5, 5.41) is 9.73. The number of nitrogens with zero attached hydrogens (tertiary/aromatic N) is 2. The molecule has 0 atom stereocenters. The van der Waals surface area contributed by atoms with E-state index in [9.17, 15) is 5.11 Å². The summed E-state index contributed by atoms with van der Waals surface area (Å²) in [5.41, 5.74) is 9.43. The number of hydrogen-bond donors (Lipinski definition) is 1. The number of anilines is 6. The molecule has 42 heavy (non-hydrogen) atoms. The van der Waals surface area contributed by atoms with Gasteiger partial charge in [0.2, 0.25) is 0 Å². The van der Waals surface area contributed by atoms with Gasteiger partial charge in [-0.25, -0.2) is 0 Å². The SMILES string of the molecule is COc1cccc(N(c2ccccc2)c2ccc(-c3ccc(N(c4ccccc4)c4cccc(CO)c4)cc3)cc2)c1. The number of aliphatic hydroxyl groups is 1. The van der Waals surface area contributed by atoms with Crippen molar-refractivity contribution in [3.8, 4) is 16.9 Å². The van der Waals surface area contributed by atoms with Crippen LogP contribution in [0.15, 0.2) is 158 Å². The second kappa shape index (κ2) is 12.5. The molecular formula is C38H32N2O2. The molecular weight excluding hydrogens is 516 g/mol. The van der Waals surface area contributed by atoms with E-state index in [1.807, 2.05) is 60.7 Å². The molecule has 0 fully saturated rings. The molecule has 6 rings (SSSR count). The number of hydrogen-bond acceptors (Lipinski definition) is 4. The summed E-state index contributed by atoms with van der Waals surface area (Å²) in [6.07, 6.45) is 0. The van der Waals surface area contributed by atoms with Crippen molar-refractivity contribution in [2.45, 2.75) is 6.61 Å². The van der Waals surface area contributed by atoms with Gasteiger partial charge in [-0.3, -0.25) is 0 Å². The van der Waals surface area contributed by atoms with Crippen molar-refractivity contribution in [2.75, 3.05) is 16.9 Å². The minimum Gasteiger partial charge on any atom is -0.497 e. The molecule has 1 N–H and O–H groups in total. The van der Waals surface area contributed by atoms with Gasteiger partial charge in [-0.05, 0) is 89.5 Å². The van der Waals surface area contributed by atoms with Crippen LogP contribution in [-0.2, 0) is 6.61 Å². The van der Waals surface area contributed by atoms with E-state index in [-0.39, 0.29) is 6.61 Å². The third-order valence-electron chi connectivity index (χ3n) is 7.28. The third-order valence-corrected chi connectivity index (χ3v) is 7.28. The molecule has 0 unspecified atom stereocenters. The van der Waals surface area contributed by atoms with Crippen LogP contribution in [0, 0.1) is 0 Å². The highest BCUT2D eigenvalue weighted by Crippen LogP contribution is 2.38. The molecule has 6 aromatic carbocycles. The van der Waals surface area contributed by atoms with Crippen LogP contribution in [0.3, 0.4) is 0 Å². The molecule has 6 aromatic rings. The van der Waals surface area contributed by atoms with E-state index >= 15 is 0 Å². The molecule has 0 aliphatic carbocycles. The van der Waals surface area contributed by atoms with Crippen LogP contribution >= 0.6 is 0 Å². The maximum Gasteiger partial charge on any atom is 0.120 e. The lowest BCUT2D eigenvalue weighted by Crippen LogP contribution is -2.10. The molecule has 206 valence electrons. The Morgan fingerprint density at radius 3 is 1.36 bits per heavy atom. The number of aliphatic hydroxyl groups excluding tert-OH is 1. The van der Waals surface area contributed by atoms with Crippen LogP contribution < -0.4 is 14.5 Å². The zero-order valence-electron chi connectivity index (χ0n) is 23.5. The van der Waals surface area contributed by atoms with Gasteiger partial charge in [0.1, 0.15) is 5.75 Å². The number of benzene rings is 6. The topological polar surface area (TPSA) is 35.9 Å². The zero-order chi connectivity index (χ0) is 28.7. The molecule has 0 spiro atoms. The molecule has 0 heterocycles. The van der Waals surface area contributed by atoms with Crippen LogP contribution in [-0.4, -0.2) is 12.2 Å². The van der Waals surface area contributed by atoms with Gasteiger partial charge in [-0.1, -0.05) is 78.9 Å². The average Bonchev–Trinajstić information content (AvgIpc) is 3.07. The fraction of sp³-hybridized carbons (Fsp3) is 0.0526. The van der Waals surface area contributed by atoms with Gasteiger partial charge in [0.15, 0.2) is 0 Å². The lowest BCUT2D eigenvalue weighted by atomic mass is 10.0. The van der Waals surface area contributed by atoms with Gasteiger partial charge in [-0.2, -0.15) is 0 Å². The molecule has 0 aromatic heterocycles. The summed E-state index contributed by atoms with van der Waals surface area (Å²) in [5.74, 6) is 0.817. The Bertz CT molecular complexity index is 1600. The highest BCUT2D eigenvalue weighted by molar-refractivity contribution is 5.81. The van der Waals surface area contributed by atoms with Crippen molar-refractivity contribution in [1.29, 1.82) is 0 Å². The Hall–Kier alpha value is -5.32. The lowest BCUT2D eigenvalue weighted by molar-refractivity contribution is 0.282. The Labute approximate surface area is 247 Å². The first-order valence-electron chi connectivity index (χ1n) is 14.0. The van der Waals surface area contributed by atoms with Crippen LogP contribution in [0.25, 0.3) is 11.1 Å². The average molecular weight is 549 g/mol. The van der Waals surface area contributed by atoms with Crippen LogP contribution in [0.5, 0.6) is 5.75 Å². The summed E-state index contributed by atoms with van der Waals surface area (Å²) in [4.78, 5) is 4.44. The third kappa shape index (κ3) is 5.75. The van der Waals surface area contributed by atoms with Gasteiger partial charge in [0, 0.05) is 40.2 Å². The Balaban J connectivity index is 1.32. The number of ether oxygens (including phenoxy) is 1. The number of rotatable bonds is 9. The normalized spacial score (nSPS) is 10.7. The van der Waals surface area contributed by atoms with Crippen molar-refractivity contribution in [3.63, 3.8) is 0 Å². The van der Waals surface area contributed by atoms with Crippen molar-refractivity contribution < 1.29 is 9.84 Å². The zero-order valence-corrected chi connectivity index (χ0v) is 23.5. The van der Waals surface area contributed by atoms with E-state index in [0.717, 1.165) is 56.6 Å². The van der Waals surface area contributed by atoms with Crippen molar-refractivity contribution >= 4 is 34.1 Å². The van der Waals surface area contributed by atoms with E-state index in [2.05, 4.69) is 107 Å². The molecule has 0 amide bonds. The molecule has 0 saturated carbocycles. The van der Waals surface area contributed by atoms with Crippen molar-refractivity contribution in [2.24, 2.45) is 0 Å². The first kappa shape index (κ1) is 26.9. The maximum absolute atomic E-state index is 9.73. The molecule has 0 aliphatic heterocycles. The summed E-state index contributed by atoms with van der Waals surface area (Å²) in [6, 6.07) is 54.1. The molecule has 4 nitrogen and oxygen atoms in total. The van der Waals surface area contributed by atoms with Crippen molar-refractivity contribution in [1.82, 2.24) is 0 Å². The largest absolute Gasteiger partial charge is 0.497 e. The van der Waals surface area contributed by atoms with Gasteiger partial charge >= 0.3 is 0 Å². The summed E-state index contributed by atoms with van der Waals surface area (Å²) in [7, 11) is 1.69. The quantitative estimate of drug-likeness (QED) is 0.195. The van der Waals surface area contributed by atoms with E-state index in [1.54, 1.807) is 7.11 Å². The molecule has 0 bridgehead atoms. The standard InChI is InChI=1S/C38H32N2O2/c1-42-38-17-9-16-37(27-38)40(33-13-6-3-7-14-33)35-24-20-31(21-25-35)30-18-22-34(23-19-30)39(32-11-4-2-5-12-32)36-15-8-10-29(26-36)28-41/h2-27,41H,28H2,1H3. The second-order valence-electron chi connectivity index (χ2n) is 9.97. The van der Waals surface area contributed by atoms with Crippen molar-refractivity contribution in [3.05, 3.63) is 163 Å². The molecule has 0 aliphatic rings. The highest BCUT2D eigenvalue weighted by atomic mass is 16.5. The van der Waals surface area contributed by atoms with E-state index < -0.39 is 0 Å². The Kier molecular flexibility index (Phi) is 7.98. The minimum absolute atomic E-state index is 0.00488. The fourth-order valence-corrected chi connectivity index (χ4v) is 5.20. The fourth-order valence-electron chi connectivity index (χ4n) is 5.20. The molecule has 0 saturated heterocycles. The number of para-hydroxylation sites is 2. The predicted octanol–water partition coefficient (Wildman–Crippen LogP) is 9.79. The first-order chi connectivity index (χ1) is 20.7. The van der Waals surface area contributed by atoms with Gasteiger partial charge in [0.25, 0.3) is 0 Å². The van der Waals surface area contributed by atoms with Crippen LogP contribution in [0.1, 0.15) is 5.56 Å². The Morgan fingerprint density at radius 1 is 0.452 bits per heavy atom. The van der Waals surface area contributed by atoms with E-state index in [0.29, 0.717) is 0 Å². The van der Waals surface area contributed by atoms with Crippen LogP contribution in [0.2, 0.25) is 0 Å². The summed E-state index contributed by atoms with van der Waals surface area (Å²) >= 11 is 0. The summed E-state index contributed by atoms with van der Waals surface area (Å²) < 4.78 is 5.51. The van der Waals surface area contributed by atoms with Crippen LogP contribution in [0.4, 0.5) is 34.1 Å². The van der Waals surface area contributed by atoms with E-state index in [4.69, 9.17) is 4.74 Å². The molecule has 4 heteroatoms. The highest BCUT2D eigenvalue weighted by Gasteiger charge is 2.15. The maximum atomic E-state index is 9.73. The minimum atomic E-state index is 0.00488. The number of methoxy groups -OCH3 is 1. The molecule has 0 radical (unpaired) electrons. The second-order valence-corrected chi connectivity index (χ2v) is 9.97. The smallest absolute Gasteiger partial charge is 0.120 e. The summed E-state index contributed by atoms with van der Waals surface area (Å²) in [6.45, 7) is 0.00488. The predicted molar refractivity (Wildman–Crippen MR) is 174 cm³/mol. The lowest BCUT2D eigenvalue weighted by Gasteiger charge is -2.26.